The molecule has 0 amide bonds. The molecule has 3 rings (SSSR count). The van der Waals surface area contributed by atoms with Gasteiger partial charge >= 0.3 is 0 Å². The van der Waals surface area contributed by atoms with Crippen LogP contribution < -0.4 is 5.36 Å². The van der Waals surface area contributed by atoms with E-state index in [4.69, 9.17) is 19.6 Å². The number of methoxy groups -OCH3 is 2. The second-order valence-corrected chi connectivity index (χ2v) is 4.84. The second kappa shape index (κ2) is 5.35. The van der Waals surface area contributed by atoms with Gasteiger partial charge in [-0.2, -0.15) is 0 Å². The lowest BCUT2D eigenvalue weighted by Gasteiger charge is -2.19. The molecule has 1 saturated heterocycles. The van der Waals surface area contributed by atoms with E-state index >= 15 is 0 Å². The minimum absolute atomic E-state index is 0.0906. The van der Waals surface area contributed by atoms with Gasteiger partial charge in [-0.15, -0.1) is 0 Å². The highest BCUT2D eigenvalue weighted by atomic mass is 16.7. The summed E-state index contributed by atoms with van der Waals surface area (Å²) in [5.41, 5.74) is 1.52. The molecule has 2 atom stereocenters. The van der Waals surface area contributed by atoms with Crippen LogP contribution in [0.2, 0.25) is 0 Å². The number of nitrogens with zero attached hydrogens (tertiary/aromatic N) is 2. The SMILES string of the molecule is COC(OC)[C@H]1C[C@@H](n2ccc(=N)c3[nH]cnc32)CO1. The topological polar surface area (TPSA) is 85.2 Å². The molecule has 108 valence electrons. The van der Waals surface area contributed by atoms with Crippen molar-refractivity contribution in [1.82, 2.24) is 14.5 Å². The number of fused-ring (bicyclic) bond motifs is 1. The molecule has 7 nitrogen and oxygen atoms in total. The maximum Gasteiger partial charge on any atom is 0.183 e. The van der Waals surface area contributed by atoms with E-state index in [0.717, 1.165) is 17.6 Å². The van der Waals surface area contributed by atoms with Crippen molar-refractivity contribution < 1.29 is 14.2 Å². The first kappa shape index (κ1) is 13.3. The number of aromatic nitrogens is 3. The van der Waals surface area contributed by atoms with Crippen LogP contribution in [0.1, 0.15) is 12.5 Å². The van der Waals surface area contributed by atoms with Crippen LogP contribution in [-0.2, 0) is 14.2 Å². The number of rotatable bonds is 4. The van der Waals surface area contributed by atoms with Crippen molar-refractivity contribution in [2.45, 2.75) is 24.9 Å². The fourth-order valence-corrected chi connectivity index (χ4v) is 2.71. The van der Waals surface area contributed by atoms with E-state index in [0.29, 0.717) is 12.0 Å². The summed E-state index contributed by atoms with van der Waals surface area (Å²) in [5, 5.41) is 8.30. The van der Waals surface area contributed by atoms with Gasteiger partial charge in [0.15, 0.2) is 11.9 Å². The third-order valence-electron chi connectivity index (χ3n) is 3.70. The molecule has 3 heterocycles. The Morgan fingerprint density at radius 1 is 1.50 bits per heavy atom. The summed E-state index contributed by atoms with van der Waals surface area (Å²) in [6, 6.07) is 1.93. The number of pyridine rings is 1. The molecule has 0 aromatic carbocycles. The lowest BCUT2D eigenvalue weighted by atomic mass is 10.1. The van der Waals surface area contributed by atoms with E-state index in [1.165, 1.54) is 0 Å². The highest BCUT2D eigenvalue weighted by molar-refractivity contribution is 5.69. The summed E-state index contributed by atoms with van der Waals surface area (Å²) >= 11 is 0. The molecule has 2 aromatic heterocycles. The van der Waals surface area contributed by atoms with Crippen molar-refractivity contribution in [1.29, 1.82) is 5.41 Å². The largest absolute Gasteiger partial charge is 0.371 e. The Bertz CT molecular complexity index is 646. The van der Waals surface area contributed by atoms with Crippen LogP contribution in [0.4, 0.5) is 0 Å². The molecule has 2 aromatic rings. The highest BCUT2D eigenvalue weighted by Gasteiger charge is 2.33. The van der Waals surface area contributed by atoms with Gasteiger partial charge in [0.25, 0.3) is 0 Å². The normalized spacial score (nSPS) is 22.9. The average molecular weight is 278 g/mol. The van der Waals surface area contributed by atoms with Crippen LogP contribution in [0.5, 0.6) is 0 Å². The maximum absolute atomic E-state index is 7.86. The Kier molecular flexibility index (Phi) is 3.56. The third kappa shape index (κ3) is 2.13. The summed E-state index contributed by atoms with van der Waals surface area (Å²) in [6.07, 6.45) is 3.84. The summed E-state index contributed by atoms with van der Waals surface area (Å²) in [4.78, 5) is 7.30. The molecule has 2 N–H and O–H groups in total. The number of hydrogen-bond donors (Lipinski definition) is 2. The summed E-state index contributed by atoms with van der Waals surface area (Å²) in [7, 11) is 3.22. The number of hydrogen-bond acceptors (Lipinski definition) is 5. The fourth-order valence-electron chi connectivity index (χ4n) is 2.71. The number of imidazole rings is 1. The first-order valence-corrected chi connectivity index (χ1v) is 6.50. The molecule has 1 aliphatic rings. The van der Waals surface area contributed by atoms with Crippen LogP contribution in [0.25, 0.3) is 11.2 Å². The second-order valence-electron chi connectivity index (χ2n) is 4.84. The van der Waals surface area contributed by atoms with E-state index in [9.17, 15) is 0 Å². The minimum Gasteiger partial charge on any atom is -0.371 e. The van der Waals surface area contributed by atoms with Gasteiger partial charge < -0.3 is 23.8 Å². The Hall–Kier alpha value is -1.70. The Labute approximate surface area is 116 Å². The number of nitrogens with one attached hydrogen (secondary N) is 2. The molecule has 1 fully saturated rings. The monoisotopic (exact) mass is 278 g/mol. The van der Waals surface area contributed by atoms with Crippen LogP contribution in [-0.4, -0.2) is 47.8 Å². The molecule has 0 radical (unpaired) electrons. The molecule has 0 spiro atoms. The molecule has 0 unspecified atom stereocenters. The van der Waals surface area contributed by atoms with E-state index in [-0.39, 0.29) is 18.4 Å². The first-order valence-electron chi connectivity index (χ1n) is 6.50. The predicted molar refractivity (Wildman–Crippen MR) is 71.1 cm³/mol. The molecule has 1 aliphatic heterocycles. The number of aromatic amines is 1. The lowest BCUT2D eigenvalue weighted by Crippen LogP contribution is -2.29. The van der Waals surface area contributed by atoms with Gasteiger partial charge in [0.05, 0.1) is 24.3 Å². The quantitative estimate of drug-likeness (QED) is 0.810. The zero-order chi connectivity index (χ0) is 14.1. The molecular formula is C13H18N4O3. The lowest BCUT2D eigenvalue weighted by molar-refractivity contribution is -0.167. The zero-order valence-electron chi connectivity index (χ0n) is 11.5. The van der Waals surface area contributed by atoms with Gasteiger partial charge in [-0.05, 0) is 6.07 Å². The van der Waals surface area contributed by atoms with Gasteiger partial charge in [-0.3, -0.25) is 5.41 Å². The number of H-pyrrole nitrogens is 1. The van der Waals surface area contributed by atoms with E-state index in [1.807, 2.05) is 10.8 Å². The number of ether oxygens (including phenoxy) is 3. The fraction of sp³-hybridized carbons (Fsp3) is 0.538. The summed E-state index contributed by atoms with van der Waals surface area (Å²) in [5.74, 6) is 0. The third-order valence-corrected chi connectivity index (χ3v) is 3.70. The van der Waals surface area contributed by atoms with E-state index < -0.39 is 0 Å². The minimum atomic E-state index is -0.356. The van der Waals surface area contributed by atoms with Crippen LogP contribution in [0, 0.1) is 5.41 Å². The van der Waals surface area contributed by atoms with Crippen molar-refractivity contribution in [3.8, 4) is 0 Å². The Morgan fingerprint density at radius 2 is 2.30 bits per heavy atom. The van der Waals surface area contributed by atoms with Gasteiger partial charge in [0, 0.05) is 26.8 Å². The van der Waals surface area contributed by atoms with Crippen molar-refractivity contribution in [2.75, 3.05) is 20.8 Å². The Balaban J connectivity index is 1.88. The molecule has 0 aliphatic carbocycles. The van der Waals surface area contributed by atoms with Crippen molar-refractivity contribution in [2.24, 2.45) is 0 Å². The zero-order valence-corrected chi connectivity index (χ0v) is 11.5. The van der Waals surface area contributed by atoms with Gasteiger partial charge in [0.2, 0.25) is 0 Å². The molecule has 0 saturated carbocycles. The smallest absolute Gasteiger partial charge is 0.183 e. The summed E-state index contributed by atoms with van der Waals surface area (Å²) < 4.78 is 18.3. The van der Waals surface area contributed by atoms with Crippen LogP contribution in [0.15, 0.2) is 18.6 Å². The molecule has 7 heteroatoms. The maximum atomic E-state index is 7.86. The average Bonchev–Trinajstić information content (AvgIpc) is 3.10. The van der Waals surface area contributed by atoms with Crippen molar-refractivity contribution in [3.63, 3.8) is 0 Å². The molecule has 20 heavy (non-hydrogen) atoms. The van der Waals surface area contributed by atoms with Gasteiger partial charge in [-0.25, -0.2) is 4.98 Å². The highest BCUT2D eigenvalue weighted by Crippen LogP contribution is 2.28. The van der Waals surface area contributed by atoms with E-state index in [1.54, 1.807) is 26.6 Å². The van der Waals surface area contributed by atoms with Crippen molar-refractivity contribution >= 4 is 11.2 Å². The Morgan fingerprint density at radius 3 is 3.05 bits per heavy atom. The standard InChI is InChI=1S/C13H18N4O3/c1-18-13(19-2)10-5-8(6-20-10)17-4-3-9(14)11-12(17)16-7-15-11/h3-4,7-8,10,13-14H,5-6H2,1-2H3,(H,15,16)/t8-,10-/m1/s1. The van der Waals surface area contributed by atoms with Crippen molar-refractivity contribution in [3.05, 3.63) is 23.9 Å². The van der Waals surface area contributed by atoms with Crippen LogP contribution in [0.3, 0.4) is 0 Å². The predicted octanol–water partition coefficient (Wildman–Crippen LogP) is 0.793. The van der Waals surface area contributed by atoms with Gasteiger partial charge in [-0.1, -0.05) is 0 Å². The molecule has 0 bridgehead atoms. The molecular weight excluding hydrogens is 260 g/mol. The van der Waals surface area contributed by atoms with Crippen LogP contribution >= 0.6 is 0 Å². The van der Waals surface area contributed by atoms with Gasteiger partial charge in [0.1, 0.15) is 11.6 Å². The summed E-state index contributed by atoms with van der Waals surface area (Å²) in [6.45, 7) is 0.581. The van der Waals surface area contributed by atoms with E-state index in [2.05, 4.69) is 9.97 Å². The first-order chi connectivity index (χ1) is 9.74.